The molecule has 0 spiro atoms. The fraction of sp³-hybridized carbons (Fsp3) is 0.167. The molecule has 0 bridgehead atoms. The maximum absolute atomic E-state index is 13.1. The van der Waals surface area contributed by atoms with Gasteiger partial charge in [-0.25, -0.2) is 9.13 Å². The van der Waals surface area contributed by atoms with Gasteiger partial charge in [-0.3, -0.25) is 9.59 Å². The Balaban J connectivity index is 0.00000312. The standard InChI is InChI=1S/C36H34N8O2.2W/c1-41(24-26-43-22-19-33(20-23-43)39-37-31-10-5-3-6-11-31)35(45)29-15-17-30(18-16-29)36(46)42(2)25-27-44-21-9-14-34(28-44)40-38-32-12-7-4-8-13-32;;/h5-23,28H,24-27H2,1-2H3;;. The molecule has 3 aromatic carbocycles. The Bertz CT molecular complexity index is 1800. The van der Waals surface area contributed by atoms with Crippen LogP contribution in [0.2, 0.25) is 0 Å². The average molecular weight is 978 g/mol. The third-order valence-electron chi connectivity index (χ3n) is 7.14. The van der Waals surface area contributed by atoms with E-state index in [0.717, 1.165) is 17.1 Å². The van der Waals surface area contributed by atoms with Crippen molar-refractivity contribution in [3.63, 3.8) is 0 Å². The number of amides is 2. The van der Waals surface area contributed by atoms with E-state index in [0.29, 0.717) is 43.0 Å². The molecular weight excluding hydrogens is 944 g/mol. The maximum Gasteiger partial charge on any atom is 0.253 e. The monoisotopic (exact) mass is 978 g/mol. The molecule has 242 valence electrons. The predicted molar refractivity (Wildman–Crippen MR) is 173 cm³/mol. The summed E-state index contributed by atoms with van der Waals surface area (Å²) in [6.07, 6.45) is 7.64. The zero-order valence-corrected chi connectivity index (χ0v) is 32.5. The van der Waals surface area contributed by atoms with Crippen molar-refractivity contribution in [2.75, 3.05) is 27.2 Å². The van der Waals surface area contributed by atoms with Crippen molar-refractivity contribution in [2.24, 2.45) is 20.5 Å². The molecule has 5 aromatic rings. The number of azo groups is 2. The number of hydrogen-bond acceptors (Lipinski definition) is 6. The Morgan fingerprint density at radius 1 is 0.562 bits per heavy atom. The molecule has 48 heavy (non-hydrogen) atoms. The molecule has 0 unspecified atom stereocenters. The minimum absolute atomic E-state index is 0. The minimum Gasteiger partial charge on any atom is -0.335 e. The van der Waals surface area contributed by atoms with Crippen LogP contribution in [0.5, 0.6) is 0 Å². The van der Waals surface area contributed by atoms with Crippen molar-refractivity contribution >= 4 is 34.6 Å². The first-order valence-electron chi connectivity index (χ1n) is 14.8. The van der Waals surface area contributed by atoms with Crippen molar-refractivity contribution in [3.8, 4) is 0 Å². The van der Waals surface area contributed by atoms with E-state index in [1.54, 1.807) is 72.4 Å². The Morgan fingerprint density at radius 2 is 0.979 bits per heavy atom. The zero-order valence-electron chi connectivity index (χ0n) is 26.6. The molecule has 2 amide bonds. The van der Waals surface area contributed by atoms with E-state index in [-0.39, 0.29) is 53.9 Å². The van der Waals surface area contributed by atoms with Gasteiger partial charge in [0.15, 0.2) is 37.9 Å². The Morgan fingerprint density at radius 3 is 1.46 bits per heavy atom. The number of likely N-dealkylation sites (N-methyl/N-ethyl adjacent to an activating group) is 2. The second-order valence-electron chi connectivity index (χ2n) is 10.5. The van der Waals surface area contributed by atoms with E-state index in [9.17, 15) is 9.59 Å². The van der Waals surface area contributed by atoms with Gasteiger partial charge >= 0.3 is 0 Å². The molecule has 0 atom stereocenters. The van der Waals surface area contributed by atoms with Crippen molar-refractivity contribution < 1.29 is 60.9 Å². The molecule has 5 rings (SSSR count). The molecule has 0 fully saturated rings. The van der Waals surface area contributed by atoms with E-state index in [1.807, 2.05) is 82.5 Å². The van der Waals surface area contributed by atoms with Gasteiger partial charge in [0, 0.05) is 85.6 Å². The first kappa shape index (κ1) is 37.9. The van der Waals surface area contributed by atoms with Crippen LogP contribution < -0.4 is 9.13 Å². The fourth-order valence-corrected chi connectivity index (χ4v) is 4.42. The summed E-state index contributed by atoms with van der Waals surface area (Å²) in [7, 11) is 3.53. The van der Waals surface area contributed by atoms with E-state index >= 15 is 0 Å². The molecular formula is C36H34N8O2W2. The van der Waals surface area contributed by atoms with E-state index in [1.165, 1.54) is 0 Å². The van der Waals surface area contributed by atoms with Crippen molar-refractivity contribution in [1.29, 1.82) is 0 Å². The third-order valence-corrected chi connectivity index (χ3v) is 7.14. The first-order valence-corrected chi connectivity index (χ1v) is 14.8. The normalized spacial score (nSPS) is 10.7. The quantitative estimate of drug-likeness (QED) is 0.0843. The van der Waals surface area contributed by atoms with Gasteiger partial charge in [0.05, 0.1) is 18.8 Å². The largest absolute Gasteiger partial charge is 0.335 e. The summed E-state index contributed by atoms with van der Waals surface area (Å²) in [5, 5.41) is 17.0. The number of carbonyl (C=O) groups is 2. The van der Waals surface area contributed by atoms with Gasteiger partial charge in [0.25, 0.3) is 11.8 Å². The number of carbonyl (C=O) groups excluding carboxylic acids is 2. The molecule has 0 aliphatic heterocycles. The number of nitrogens with zero attached hydrogens (tertiary/aromatic N) is 8. The summed E-state index contributed by atoms with van der Waals surface area (Å²) in [5.41, 5.74) is 4.01. The predicted octanol–water partition coefficient (Wildman–Crippen LogP) is 6.23. The summed E-state index contributed by atoms with van der Waals surface area (Å²) in [6.45, 7) is 2.21. The number of pyridine rings is 2. The molecule has 0 radical (unpaired) electrons. The fourth-order valence-electron chi connectivity index (χ4n) is 4.42. The molecule has 0 aliphatic rings. The van der Waals surface area contributed by atoms with Crippen LogP contribution in [-0.2, 0) is 55.2 Å². The van der Waals surface area contributed by atoms with Crippen molar-refractivity contribution in [2.45, 2.75) is 13.1 Å². The summed E-state index contributed by atoms with van der Waals surface area (Å²) in [5.74, 6) is -0.233. The van der Waals surface area contributed by atoms with Gasteiger partial charge in [-0.1, -0.05) is 0 Å². The van der Waals surface area contributed by atoms with Gasteiger partial charge < -0.3 is 9.80 Å². The van der Waals surface area contributed by atoms with Crippen molar-refractivity contribution in [3.05, 3.63) is 145 Å². The summed E-state index contributed by atoms with van der Waals surface area (Å²) in [4.78, 5) is 29.4. The van der Waals surface area contributed by atoms with E-state index in [2.05, 4.69) is 32.6 Å². The Kier molecular flexibility index (Phi) is 15.3. The van der Waals surface area contributed by atoms with Crippen LogP contribution in [0.15, 0.2) is 142 Å². The summed E-state index contributed by atoms with van der Waals surface area (Å²) < 4.78 is 3.96. The molecule has 0 saturated heterocycles. The van der Waals surface area contributed by atoms with Crippen molar-refractivity contribution in [1.82, 2.24) is 9.80 Å². The van der Waals surface area contributed by atoms with Gasteiger partial charge in [0.1, 0.15) is 5.69 Å². The smallest absolute Gasteiger partial charge is 0.253 e. The second-order valence-corrected chi connectivity index (χ2v) is 10.5. The first-order chi connectivity index (χ1) is 22.4. The third kappa shape index (κ3) is 11.3. The zero-order chi connectivity index (χ0) is 32.1. The number of rotatable bonds is 12. The van der Waals surface area contributed by atoms with Gasteiger partial charge in [-0.15, -0.1) is 29.4 Å². The Labute approximate surface area is 309 Å². The second kappa shape index (κ2) is 19.3. The molecule has 12 heteroatoms. The maximum atomic E-state index is 13.1. The Hall–Kier alpha value is -4.52. The SMILES string of the molecule is CN(CC[n+]1ccc(N=Nc2cc[c-]cc2)cc1)C(=O)c1ccc(C(=O)N(C)CC[n+]2cccc(N=Nc3cc[c-]cc3)c2)cc1.[W].[W]. The van der Waals surface area contributed by atoms with Gasteiger partial charge in [0.2, 0.25) is 0 Å². The van der Waals surface area contributed by atoms with E-state index in [4.69, 9.17) is 0 Å². The topological polar surface area (TPSA) is 97.8 Å². The molecule has 0 saturated carbocycles. The summed E-state index contributed by atoms with van der Waals surface area (Å²) in [6, 6.07) is 34.8. The number of benzene rings is 3. The molecule has 10 nitrogen and oxygen atoms in total. The van der Waals surface area contributed by atoms with Crippen LogP contribution in [0.25, 0.3) is 0 Å². The van der Waals surface area contributed by atoms with Crippen LogP contribution >= 0.6 is 0 Å². The van der Waals surface area contributed by atoms with Crippen LogP contribution in [0.1, 0.15) is 20.7 Å². The van der Waals surface area contributed by atoms with Gasteiger partial charge in [-0.05, 0) is 41.7 Å². The van der Waals surface area contributed by atoms with Crippen LogP contribution in [0.3, 0.4) is 0 Å². The molecule has 2 aromatic heterocycles. The summed E-state index contributed by atoms with van der Waals surface area (Å²) >= 11 is 0. The van der Waals surface area contributed by atoms with Gasteiger partial charge in [-0.2, -0.15) is 51.7 Å². The number of hydrogen-bond donors (Lipinski definition) is 0. The molecule has 0 aliphatic carbocycles. The van der Waals surface area contributed by atoms with Crippen LogP contribution in [-0.4, -0.2) is 48.8 Å². The average Bonchev–Trinajstić information content (AvgIpc) is 3.12. The minimum atomic E-state index is -0.119. The van der Waals surface area contributed by atoms with E-state index < -0.39 is 0 Å². The van der Waals surface area contributed by atoms with Crippen LogP contribution in [0.4, 0.5) is 22.7 Å². The number of aromatic nitrogens is 2. The molecule has 0 N–H and O–H groups in total. The van der Waals surface area contributed by atoms with Crippen LogP contribution in [0, 0.1) is 12.1 Å². The molecule has 2 heterocycles.